The number of hydrogen-bond acceptors (Lipinski definition) is 2. The maximum atomic E-state index is 12.0. The Morgan fingerprint density at radius 2 is 2.00 bits per heavy atom. The van der Waals surface area contributed by atoms with Crippen molar-refractivity contribution >= 4 is 11.6 Å². The zero-order valence-electron chi connectivity index (χ0n) is 10.9. The van der Waals surface area contributed by atoms with Crippen molar-refractivity contribution in [1.82, 2.24) is 0 Å². The minimum atomic E-state index is -0.528. The fourth-order valence-electron chi connectivity index (χ4n) is 1.51. The van der Waals surface area contributed by atoms with E-state index in [1.54, 1.807) is 0 Å². The quantitative estimate of drug-likeness (QED) is 0.822. The van der Waals surface area contributed by atoms with Crippen LogP contribution in [-0.2, 0) is 11.2 Å². The topological polar surface area (TPSA) is 55.1 Å². The largest absolute Gasteiger partial charge is 0.329 e. The molecule has 1 aromatic carbocycles. The van der Waals surface area contributed by atoms with E-state index in [-0.39, 0.29) is 5.91 Å². The number of benzene rings is 1. The Balaban J connectivity index is 2.84. The average Bonchev–Trinajstić information content (AvgIpc) is 2.32. The number of carbonyl (C=O) groups excluding carboxylic acids is 1. The third-order valence-corrected chi connectivity index (χ3v) is 2.91. The number of rotatable bonds is 5. The molecule has 0 aliphatic carbocycles. The van der Waals surface area contributed by atoms with Crippen LogP contribution in [0.3, 0.4) is 0 Å². The Morgan fingerprint density at radius 1 is 1.35 bits per heavy atom. The zero-order valence-corrected chi connectivity index (χ0v) is 10.9. The SMILES string of the molecule is CCCc1ccccc1NC(=O)C(C)(C)CN. The van der Waals surface area contributed by atoms with Crippen LogP contribution in [0.5, 0.6) is 0 Å². The molecule has 0 bridgehead atoms. The summed E-state index contributed by atoms with van der Waals surface area (Å²) in [6, 6.07) is 7.92. The number of nitrogens with one attached hydrogen (secondary N) is 1. The Labute approximate surface area is 103 Å². The first-order valence-electron chi connectivity index (χ1n) is 6.10. The van der Waals surface area contributed by atoms with Crippen molar-refractivity contribution in [3.05, 3.63) is 29.8 Å². The van der Waals surface area contributed by atoms with Gasteiger partial charge in [-0.25, -0.2) is 0 Å². The van der Waals surface area contributed by atoms with Gasteiger partial charge < -0.3 is 11.1 Å². The van der Waals surface area contributed by atoms with Crippen molar-refractivity contribution in [3.8, 4) is 0 Å². The van der Waals surface area contributed by atoms with E-state index in [0.29, 0.717) is 6.54 Å². The van der Waals surface area contributed by atoms with Crippen LogP contribution >= 0.6 is 0 Å². The van der Waals surface area contributed by atoms with Crippen molar-refractivity contribution < 1.29 is 4.79 Å². The highest BCUT2D eigenvalue weighted by atomic mass is 16.2. The Morgan fingerprint density at radius 3 is 2.59 bits per heavy atom. The second kappa shape index (κ2) is 5.82. The number of para-hydroxylation sites is 1. The summed E-state index contributed by atoms with van der Waals surface area (Å²) in [6.45, 7) is 6.17. The minimum absolute atomic E-state index is 0.0245. The molecule has 0 saturated carbocycles. The molecule has 0 aromatic heterocycles. The summed E-state index contributed by atoms with van der Waals surface area (Å²) in [5.74, 6) is -0.0245. The molecule has 17 heavy (non-hydrogen) atoms. The van der Waals surface area contributed by atoms with Gasteiger partial charge in [0.15, 0.2) is 0 Å². The lowest BCUT2D eigenvalue weighted by molar-refractivity contribution is -0.123. The highest BCUT2D eigenvalue weighted by Crippen LogP contribution is 2.21. The Bertz CT molecular complexity index is 386. The number of aryl methyl sites for hydroxylation is 1. The first-order valence-corrected chi connectivity index (χ1v) is 6.10. The predicted molar refractivity (Wildman–Crippen MR) is 71.9 cm³/mol. The van der Waals surface area contributed by atoms with Crippen LogP contribution in [0, 0.1) is 5.41 Å². The van der Waals surface area contributed by atoms with Gasteiger partial charge in [-0.15, -0.1) is 0 Å². The summed E-state index contributed by atoms with van der Waals surface area (Å²) in [4.78, 5) is 12.0. The maximum absolute atomic E-state index is 12.0. The van der Waals surface area contributed by atoms with Crippen molar-refractivity contribution in [3.63, 3.8) is 0 Å². The summed E-state index contributed by atoms with van der Waals surface area (Å²) >= 11 is 0. The molecule has 3 nitrogen and oxygen atoms in total. The predicted octanol–water partition coefficient (Wildman–Crippen LogP) is 2.56. The maximum Gasteiger partial charge on any atom is 0.231 e. The molecule has 0 saturated heterocycles. The van der Waals surface area contributed by atoms with E-state index in [2.05, 4.69) is 18.3 Å². The number of hydrogen-bond donors (Lipinski definition) is 2. The van der Waals surface area contributed by atoms with Gasteiger partial charge in [-0.3, -0.25) is 4.79 Å². The van der Waals surface area contributed by atoms with E-state index in [4.69, 9.17) is 5.73 Å². The molecule has 3 heteroatoms. The van der Waals surface area contributed by atoms with Crippen molar-refractivity contribution in [2.75, 3.05) is 11.9 Å². The lowest BCUT2D eigenvalue weighted by atomic mass is 9.92. The average molecular weight is 234 g/mol. The highest BCUT2D eigenvalue weighted by Gasteiger charge is 2.26. The normalized spacial score (nSPS) is 11.3. The molecule has 0 atom stereocenters. The standard InChI is InChI=1S/C14H22N2O/c1-4-7-11-8-5-6-9-12(11)16-13(17)14(2,3)10-15/h5-6,8-9H,4,7,10,15H2,1-3H3,(H,16,17). The number of nitrogens with two attached hydrogens (primary N) is 1. The van der Waals surface area contributed by atoms with Crippen LogP contribution in [0.15, 0.2) is 24.3 Å². The Hall–Kier alpha value is -1.35. The van der Waals surface area contributed by atoms with Crippen LogP contribution < -0.4 is 11.1 Å². The summed E-state index contributed by atoms with van der Waals surface area (Å²) in [5, 5.41) is 2.97. The molecule has 0 radical (unpaired) electrons. The number of carbonyl (C=O) groups is 1. The van der Waals surface area contributed by atoms with E-state index in [1.807, 2.05) is 32.0 Å². The molecule has 3 N–H and O–H groups in total. The van der Waals surface area contributed by atoms with Gasteiger partial charge in [0, 0.05) is 12.2 Å². The fourth-order valence-corrected chi connectivity index (χ4v) is 1.51. The molecule has 0 spiro atoms. The molecule has 0 fully saturated rings. The molecule has 0 unspecified atom stereocenters. The van der Waals surface area contributed by atoms with Crippen molar-refractivity contribution in [1.29, 1.82) is 0 Å². The van der Waals surface area contributed by atoms with Gasteiger partial charge in [0.25, 0.3) is 0 Å². The van der Waals surface area contributed by atoms with Gasteiger partial charge in [0.1, 0.15) is 0 Å². The van der Waals surface area contributed by atoms with Gasteiger partial charge in [0.05, 0.1) is 5.41 Å². The van der Waals surface area contributed by atoms with Crippen LogP contribution in [-0.4, -0.2) is 12.5 Å². The van der Waals surface area contributed by atoms with Crippen LogP contribution in [0.4, 0.5) is 5.69 Å². The number of anilines is 1. The van der Waals surface area contributed by atoms with E-state index in [0.717, 1.165) is 18.5 Å². The second-order valence-corrected chi connectivity index (χ2v) is 4.95. The van der Waals surface area contributed by atoms with Crippen LogP contribution in [0.25, 0.3) is 0 Å². The van der Waals surface area contributed by atoms with Gasteiger partial charge in [-0.2, -0.15) is 0 Å². The molecule has 1 amide bonds. The molecule has 0 aliphatic rings. The smallest absolute Gasteiger partial charge is 0.231 e. The van der Waals surface area contributed by atoms with Gasteiger partial charge >= 0.3 is 0 Å². The first-order chi connectivity index (χ1) is 8.01. The summed E-state index contributed by atoms with van der Waals surface area (Å²) < 4.78 is 0. The molecule has 94 valence electrons. The molecule has 1 rings (SSSR count). The summed E-state index contributed by atoms with van der Waals surface area (Å²) in [6.07, 6.45) is 2.03. The zero-order chi connectivity index (χ0) is 12.9. The van der Waals surface area contributed by atoms with Gasteiger partial charge in [-0.05, 0) is 31.9 Å². The van der Waals surface area contributed by atoms with E-state index in [1.165, 1.54) is 5.56 Å². The lowest BCUT2D eigenvalue weighted by Crippen LogP contribution is -2.37. The Kier molecular flexibility index (Phi) is 4.70. The fraction of sp³-hybridized carbons (Fsp3) is 0.500. The minimum Gasteiger partial charge on any atom is -0.329 e. The second-order valence-electron chi connectivity index (χ2n) is 4.95. The van der Waals surface area contributed by atoms with Crippen LogP contribution in [0.1, 0.15) is 32.8 Å². The van der Waals surface area contributed by atoms with Gasteiger partial charge in [-0.1, -0.05) is 31.5 Å². The third-order valence-electron chi connectivity index (χ3n) is 2.91. The monoisotopic (exact) mass is 234 g/mol. The van der Waals surface area contributed by atoms with Crippen molar-refractivity contribution in [2.45, 2.75) is 33.6 Å². The van der Waals surface area contributed by atoms with E-state index >= 15 is 0 Å². The summed E-state index contributed by atoms with van der Waals surface area (Å²) in [7, 11) is 0. The van der Waals surface area contributed by atoms with Gasteiger partial charge in [0.2, 0.25) is 5.91 Å². The van der Waals surface area contributed by atoms with E-state index in [9.17, 15) is 4.79 Å². The first kappa shape index (κ1) is 13.7. The molecular weight excluding hydrogens is 212 g/mol. The van der Waals surface area contributed by atoms with Crippen LogP contribution in [0.2, 0.25) is 0 Å². The van der Waals surface area contributed by atoms with E-state index < -0.39 is 5.41 Å². The van der Waals surface area contributed by atoms with Crippen molar-refractivity contribution in [2.24, 2.45) is 11.1 Å². The molecule has 1 aromatic rings. The lowest BCUT2D eigenvalue weighted by Gasteiger charge is -2.22. The summed E-state index contributed by atoms with van der Waals surface area (Å²) in [5.41, 5.74) is 7.15. The number of amides is 1. The molecular formula is C14H22N2O. The molecule has 0 aliphatic heterocycles. The highest BCUT2D eigenvalue weighted by molar-refractivity contribution is 5.95. The third kappa shape index (κ3) is 3.56. The molecule has 0 heterocycles.